The minimum Gasteiger partial charge on any atom is -0.465 e. The highest BCUT2D eigenvalue weighted by atomic mass is 79.9. The molecule has 0 radical (unpaired) electrons. The van der Waals surface area contributed by atoms with Gasteiger partial charge in [-0.2, -0.15) is 5.10 Å². The number of nitrogens with one attached hydrogen (secondary N) is 2. The van der Waals surface area contributed by atoms with Crippen molar-refractivity contribution in [2.45, 2.75) is 11.4 Å². The molecule has 0 saturated carbocycles. The summed E-state index contributed by atoms with van der Waals surface area (Å²) in [7, 11) is -2.49. The number of aromatic amines is 1. The van der Waals surface area contributed by atoms with Crippen LogP contribution in [0, 0.1) is 0 Å². The van der Waals surface area contributed by atoms with Crippen LogP contribution < -0.4 is 4.72 Å². The third-order valence-corrected chi connectivity index (χ3v) is 5.99. The van der Waals surface area contributed by atoms with Crippen LogP contribution in [0.5, 0.6) is 0 Å². The number of sulfonamides is 1. The maximum absolute atomic E-state index is 12.2. The maximum atomic E-state index is 12.2. The molecule has 2 aromatic rings. The first-order valence-corrected chi connectivity index (χ1v) is 8.38. The predicted molar refractivity (Wildman–Crippen MR) is 76.0 cm³/mol. The Morgan fingerprint density at radius 1 is 1.60 bits per heavy atom. The van der Waals surface area contributed by atoms with Gasteiger partial charge in [0.25, 0.3) is 0 Å². The van der Waals surface area contributed by atoms with Crippen LogP contribution in [0.3, 0.4) is 0 Å². The molecule has 108 valence electrons. The Morgan fingerprint density at radius 2 is 2.35 bits per heavy atom. The van der Waals surface area contributed by atoms with Gasteiger partial charge in [-0.25, -0.2) is 17.9 Å². The lowest BCUT2D eigenvalue weighted by Gasteiger charge is -2.03. The molecule has 0 atom stereocenters. The summed E-state index contributed by atoms with van der Waals surface area (Å²) in [4.78, 5) is 11.6. The summed E-state index contributed by atoms with van der Waals surface area (Å²) in [6.45, 7) is 0.106. The van der Waals surface area contributed by atoms with E-state index in [1.807, 2.05) is 0 Å². The standard InChI is InChI=1S/C10H10BrN3O4S2/c1-18-10(15)7-2-8(9(11)19-7)20(16,17)14-5-6-3-12-13-4-6/h2-4,14H,5H2,1H3,(H,12,13). The molecule has 0 unspecified atom stereocenters. The molecule has 0 aliphatic carbocycles. The first-order chi connectivity index (χ1) is 9.44. The molecule has 0 aromatic carbocycles. The summed E-state index contributed by atoms with van der Waals surface area (Å²) < 4.78 is 31.6. The zero-order valence-electron chi connectivity index (χ0n) is 10.2. The topological polar surface area (TPSA) is 101 Å². The third kappa shape index (κ3) is 3.26. The average Bonchev–Trinajstić information content (AvgIpc) is 3.05. The van der Waals surface area contributed by atoms with Crippen molar-refractivity contribution in [1.82, 2.24) is 14.9 Å². The van der Waals surface area contributed by atoms with Gasteiger partial charge < -0.3 is 4.74 Å². The Bertz CT molecular complexity index is 709. The number of carbonyl (C=O) groups is 1. The second-order valence-corrected chi connectivity index (χ2v) is 7.78. The number of aromatic nitrogens is 2. The summed E-state index contributed by atoms with van der Waals surface area (Å²) in [5.41, 5.74) is 0.702. The number of H-pyrrole nitrogens is 1. The summed E-state index contributed by atoms with van der Waals surface area (Å²) >= 11 is 4.14. The van der Waals surface area contributed by atoms with E-state index < -0.39 is 16.0 Å². The van der Waals surface area contributed by atoms with Gasteiger partial charge in [0, 0.05) is 18.3 Å². The van der Waals surface area contributed by atoms with E-state index in [0.717, 1.165) is 11.3 Å². The third-order valence-electron chi connectivity index (χ3n) is 2.35. The minimum absolute atomic E-state index is 0.00592. The van der Waals surface area contributed by atoms with E-state index in [0.29, 0.717) is 9.35 Å². The normalized spacial score (nSPS) is 11.5. The van der Waals surface area contributed by atoms with E-state index in [4.69, 9.17) is 0 Å². The van der Waals surface area contributed by atoms with E-state index in [-0.39, 0.29) is 16.3 Å². The molecule has 0 amide bonds. The van der Waals surface area contributed by atoms with E-state index >= 15 is 0 Å². The van der Waals surface area contributed by atoms with E-state index in [1.54, 1.807) is 6.20 Å². The summed E-state index contributed by atoms with van der Waals surface area (Å²) in [5, 5.41) is 6.31. The van der Waals surface area contributed by atoms with Crippen LogP contribution in [0.15, 0.2) is 27.1 Å². The largest absolute Gasteiger partial charge is 0.465 e. The van der Waals surface area contributed by atoms with Gasteiger partial charge in [0.05, 0.1) is 17.1 Å². The van der Waals surface area contributed by atoms with Crippen LogP contribution in [0.4, 0.5) is 0 Å². The van der Waals surface area contributed by atoms with Crippen LogP contribution in [-0.4, -0.2) is 31.7 Å². The Morgan fingerprint density at radius 3 is 2.95 bits per heavy atom. The van der Waals surface area contributed by atoms with Crippen molar-refractivity contribution in [2.75, 3.05) is 7.11 Å². The van der Waals surface area contributed by atoms with E-state index in [9.17, 15) is 13.2 Å². The molecular weight excluding hydrogens is 370 g/mol. The van der Waals surface area contributed by atoms with Gasteiger partial charge in [0.15, 0.2) is 0 Å². The minimum atomic E-state index is -3.72. The number of ether oxygens (including phenoxy) is 1. The molecule has 2 heterocycles. The number of carbonyl (C=O) groups excluding carboxylic acids is 1. The fraction of sp³-hybridized carbons (Fsp3) is 0.200. The van der Waals surface area contributed by atoms with Crippen molar-refractivity contribution in [3.05, 3.63) is 32.7 Å². The number of methoxy groups -OCH3 is 1. The van der Waals surface area contributed by atoms with Crippen molar-refractivity contribution in [2.24, 2.45) is 0 Å². The molecule has 20 heavy (non-hydrogen) atoms. The molecular formula is C10H10BrN3O4S2. The zero-order valence-corrected chi connectivity index (χ0v) is 13.4. The molecule has 2 N–H and O–H groups in total. The lowest BCUT2D eigenvalue weighted by molar-refractivity contribution is 0.0606. The molecule has 0 fully saturated rings. The van der Waals surface area contributed by atoms with E-state index in [2.05, 4.69) is 35.6 Å². The van der Waals surface area contributed by atoms with Gasteiger partial charge >= 0.3 is 5.97 Å². The lowest BCUT2D eigenvalue weighted by Crippen LogP contribution is -2.22. The van der Waals surface area contributed by atoms with Crippen molar-refractivity contribution < 1.29 is 17.9 Å². The Kier molecular flexibility index (Phi) is 4.58. The Labute approximate surface area is 127 Å². The van der Waals surface area contributed by atoms with Gasteiger partial charge in [0.2, 0.25) is 10.0 Å². The molecule has 0 aliphatic rings. The molecule has 2 rings (SSSR count). The van der Waals surface area contributed by atoms with E-state index in [1.165, 1.54) is 19.4 Å². The van der Waals surface area contributed by atoms with Gasteiger partial charge in [-0.05, 0) is 22.0 Å². The predicted octanol–water partition coefficient (Wildman–Crippen LogP) is 1.50. The number of nitrogens with zero attached hydrogens (tertiary/aromatic N) is 1. The van der Waals surface area contributed by atoms with Crippen molar-refractivity contribution in [3.8, 4) is 0 Å². The van der Waals surface area contributed by atoms with Gasteiger partial charge in [-0.15, -0.1) is 11.3 Å². The number of rotatable bonds is 5. The van der Waals surface area contributed by atoms with Gasteiger partial charge in [-0.1, -0.05) is 0 Å². The molecule has 2 aromatic heterocycles. The number of hydrogen-bond donors (Lipinski definition) is 2. The molecule has 0 spiro atoms. The SMILES string of the molecule is COC(=O)c1cc(S(=O)(=O)NCc2cn[nH]c2)c(Br)s1. The molecule has 7 nitrogen and oxygen atoms in total. The van der Waals surface area contributed by atoms with Crippen molar-refractivity contribution in [3.63, 3.8) is 0 Å². The average molecular weight is 380 g/mol. The second-order valence-electron chi connectivity index (χ2n) is 3.67. The van der Waals surface area contributed by atoms with Crippen LogP contribution in [0.1, 0.15) is 15.2 Å². The van der Waals surface area contributed by atoms with Crippen LogP contribution in [-0.2, 0) is 21.3 Å². The van der Waals surface area contributed by atoms with Crippen molar-refractivity contribution in [1.29, 1.82) is 0 Å². The quantitative estimate of drug-likeness (QED) is 0.766. The number of hydrogen-bond acceptors (Lipinski definition) is 6. The highest BCUT2D eigenvalue weighted by Gasteiger charge is 2.23. The lowest BCUT2D eigenvalue weighted by atomic mass is 10.4. The van der Waals surface area contributed by atoms with Crippen LogP contribution in [0.2, 0.25) is 0 Å². The first-order valence-electron chi connectivity index (χ1n) is 5.29. The summed E-state index contributed by atoms with van der Waals surface area (Å²) in [5.74, 6) is -0.577. The van der Waals surface area contributed by atoms with Gasteiger partial charge in [-0.3, -0.25) is 5.10 Å². The smallest absolute Gasteiger partial charge is 0.348 e. The van der Waals surface area contributed by atoms with Crippen molar-refractivity contribution >= 4 is 43.3 Å². The first kappa shape index (κ1) is 15.2. The monoisotopic (exact) mass is 379 g/mol. The highest BCUT2D eigenvalue weighted by Crippen LogP contribution is 2.32. The van der Waals surface area contributed by atoms with Crippen LogP contribution in [0.25, 0.3) is 0 Å². The molecule has 0 bridgehead atoms. The van der Waals surface area contributed by atoms with Gasteiger partial charge in [0.1, 0.15) is 9.77 Å². The summed E-state index contributed by atoms with van der Waals surface area (Å²) in [6, 6.07) is 1.28. The molecule has 0 saturated heterocycles. The Balaban J connectivity index is 2.21. The summed E-state index contributed by atoms with van der Waals surface area (Å²) in [6.07, 6.45) is 3.11. The fourth-order valence-electron chi connectivity index (χ4n) is 1.37. The van der Waals surface area contributed by atoms with Crippen LogP contribution >= 0.6 is 27.3 Å². The molecule has 0 aliphatic heterocycles. The fourth-order valence-corrected chi connectivity index (χ4v) is 4.87. The Hall–Kier alpha value is -1.23. The second kappa shape index (κ2) is 6.04. The highest BCUT2D eigenvalue weighted by molar-refractivity contribution is 9.11. The number of halogens is 1. The zero-order chi connectivity index (χ0) is 14.8. The number of thiophene rings is 1. The number of esters is 1. The maximum Gasteiger partial charge on any atom is 0.348 e. The molecule has 10 heteroatoms.